The van der Waals surface area contributed by atoms with Gasteiger partial charge in [0.1, 0.15) is 5.75 Å². The minimum atomic E-state index is 0.237. The molecule has 16 heavy (non-hydrogen) atoms. The maximum absolute atomic E-state index is 9.42. The van der Waals surface area contributed by atoms with Crippen LogP contribution in [-0.4, -0.2) is 23.9 Å². The normalized spacial score (nSPS) is 26.9. The van der Waals surface area contributed by atoms with Crippen molar-refractivity contribution in [3.63, 3.8) is 0 Å². The molecule has 3 nitrogen and oxygen atoms in total. The third kappa shape index (κ3) is 2.54. The average Bonchev–Trinajstić information content (AvgIpc) is 2.64. The van der Waals surface area contributed by atoms with E-state index < -0.39 is 0 Å². The van der Waals surface area contributed by atoms with Crippen LogP contribution in [0.4, 0.5) is 0 Å². The van der Waals surface area contributed by atoms with Gasteiger partial charge in [0.05, 0.1) is 6.10 Å². The number of phenols is 1. The van der Waals surface area contributed by atoms with Crippen LogP contribution in [0.15, 0.2) is 24.3 Å². The van der Waals surface area contributed by atoms with Crippen LogP contribution in [0, 0.1) is 0 Å². The Morgan fingerprint density at radius 2 is 2.31 bits per heavy atom. The summed E-state index contributed by atoms with van der Waals surface area (Å²) in [4.78, 5) is 0. The summed E-state index contributed by atoms with van der Waals surface area (Å²) in [6.07, 6.45) is 1.34. The highest BCUT2D eigenvalue weighted by atomic mass is 16.5. The summed E-state index contributed by atoms with van der Waals surface area (Å²) >= 11 is 0. The number of phenolic OH excluding ortho intramolecular Hbond substituents is 1. The third-order valence-corrected chi connectivity index (χ3v) is 3.21. The van der Waals surface area contributed by atoms with Gasteiger partial charge in [0.2, 0.25) is 0 Å². The number of hydrogen-bond donors (Lipinski definition) is 2. The van der Waals surface area contributed by atoms with E-state index >= 15 is 0 Å². The predicted molar refractivity (Wildman–Crippen MR) is 63.5 cm³/mol. The van der Waals surface area contributed by atoms with Crippen LogP contribution in [0.25, 0.3) is 0 Å². The van der Waals surface area contributed by atoms with Crippen LogP contribution in [0.3, 0.4) is 0 Å². The Hall–Kier alpha value is -1.06. The standard InChI is InChI=1S/C13H19NO2/c1-9(11-4-3-5-12(15)8-11)14-13-6-7-16-10(13)2/h3-5,8-10,13-15H,6-7H2,1-2H3. The lowest BCUT2D eigenvalue weighted by Gasteiger charge is -2.22. The highest BCUT2D eigenvalue weighted by Gasteiger charge is 2.25. The fourth-order valence-electron chi connectivity index (χ4n) is 2.16. The van der Waals surface area contributed by atoms with Gasteiger partial charge in [-0.15, -0.1) is 0 Å². The Kier molecular flexibility index (Phi) is 3.46. The first kappa shape index (κ1) is 11.4. The largest absolute Gasteiger partial charge is 0.508 e. The first-order chi connectivity index (χ1) is 7.66. The highest BCUT2D eigenvalue weighted by Crippen LogP contribution is 2.21. The van der Waals surface area contributed by atoms with E-state index in [4.69, 9.17) is 4.74 Å². The molecule has 0 saturated carbocycles. The van der Waals surface area contributed by atoms with Gasteiger partial charge in [-0.05, 0) is 38.0 Å². The van der Waals surface area contributed by atoms with Gasteiger partial charge in [0.15, 0.2) is 0 Å². The van der Waals surface area contributed by atoms with Gasteiger partial charge in [-0.1, -0.05) is 12.1 Å². The molecule has 1 saturated heterocycles. The number of nitrogens with one attached hydrogen (secondary N) is 1. The molecule has 3 unspecified atom stereocenters. The lowest BCUT2D eigenvalue weighted by atomic mass is 10.1. The van der Waals surface area contributed by atoms with E-state index in [1.54, 1.807) is 12.1 Å². The quantitative estimate of drug-likeness (QED) is 0.822. The second-order valence-electron chi connectivity index (χ2n) is 4.45. The van der Waals surface area contributed by atoms with Crippen LogP contribution in [-0.2, 0) is 4.74 Å². The molecule has 1 heterocycles. The molecule has 1 aromatic carbocycles. The van der Waals surface area contributed by atoms with Gasteiger partial charge < -0.3 is 15.2 Å². The van der Waals surface area contributed by atoms with Crippen LogP contribution < -0.4 is 5.32 Å². The van der Waals surface area contributed by atoms with Crippen molar-refractivity contribution in [1.82, 2.24) is 5.32 Å². The lowest BCUT2D eigenvalue weighted by molar-refractivity contribution is 0.111. The van der Waals surface area contributed by atoms with E-state index in [1.165, 1.54) is 0 Å². The van der Waals surface area contributed by atoms with Gasteiger partial charge >= 0.3 is 0 Å². The maximum atomic E-state index is 9.42. The Morgan fingerprint density at radius 1 is 1.50 bits per heavy atom. The minimum absolute atomic E-state index is 0.237. The van der Waals surface area contributed by atoms with Crippen molar-refractivity contribution < 1.29 is 9.84 Å². The molecule has 0 aromatic heterocycles. The van der Waals surface area contributed by atoms with E-state index in [9.17, 15) is 5.11 Å². The molecule has 0 radical (unpaired) electrons. The molecule has 2 rings (SSSR count). The Bertz CT molecular complexity index is 354. The first-order valence-electron chi connectivity index (χ1n) is 5.83. The number of benzene rings is 1. The van der Waals surface area contributed by atoms with E-state index in [0.29, 0.717) is 11.8 Å². The van der Waals surface area contributed by atoms with Gasteiger partial charge in [0.25, 0.3) is 0 Å². The van der Waals surface area contributed by atoms with Gasteiger partial charge in [-0.2, -0.15) is 0 Å². The fourth-order valence-corrected chi connectivity index (χ4v) is 2.16. The zero-order valence-corrected chi connectivity index (χ0v) is 9.81. The summed E-state index contributed by atoms with van der Waals surface area (Å²) in [7, 11) is 0. The molecule has 0 spiro atoms. The van der Waals surface area contributed by atoms with Crippen molar-refractivity contribution >= 4 is 0 Å². The molecular weight excluding hydrogens is 202 g/mol. The Balaban J connectivity index is 1.99. The summed E-state index contributed by atoms with van der Waals surface area (Å²) in [5.74, 6) is 0.321. The van der Waals surface area contributed by atoms with Crippen LogP contribution >= 0.6 is 0 Å². The van der Waals surface area contributed by atoms with Crippen LogP contribution in [0.1, 0.15) is 31.9 Å². The monoisotopic (exact) mass is 221 g/mol. The fraction of sp³-hybridized carbons (Fsp3) is 0.538. The van der Waals surface area contributed by atoms with Crippen molar-refractivity contribution in [2.24, 2.45) is 0 Å². The number of ether oxygens (including phenoxy) is 1. The second kappa shape index (κ2) is 4.85. The summed E-state index contributed by atoms with van der Waals surface area (Å²) in [5.41, 5.74) is 1.11. The van der Waals surface area contributed by atoms with Crippen LogP contribution in [0.5, 0.6) is 5.75 Å². The molecule has 3 heteroatoms. The molecule has 0 amide bonds. The SMILES string of the molecule is CC(NC1CCOC1C)c1cccc(O)c1. The molecule has 88 valence electrons. The first-order valence-corrected chi connectivity index (χ1v) is 5.83. The lowest BCUT2D eigenvalue weighted by Crippen LogP contribution is -2.36. The highest BCUT2D eigenvalue weighted by molar-refractivity contribution is 5.29. The van der Waals surface area contributed by atoms with Crippen molar-refractivity contribution in [2.45, 2.75) is 38.5 Å². The second-order valence-corrected chi connectivity index (χ2v) is 4.45. The molecule has 1 aromatic rings. The summed E-state index contributed by atoms with van der Waals surface area (Å²) < 4.78 is 5.51. The summed E-state index contributed by atoms with van der Waals surface area (Å²) in [6.45, 7) is 5.05. The topological polar surface area (TPSA) is 41.5 Å². The van der Waals surface area contributed by atoms with Crippen molar-refractivity contribution in [3.8, 4) is 5.75 Å². The molecule has 0 bridgehead atoms. The Labute approximate surface area is 96.4 Å². The van der Waals surface area contributed by atoms with E-state index in [2.05, 4.69) is 19.2 Å². The van der Waals surface area contributed by atoms with Gasteiger partial charge in [-0.25, -0.2) is 0 Å². The third-order valence-electron chi connectivity index (χ3n) is 3.21. The Morgan fingerprint density at radius 3 is 2.94 bits per heavy atom. The minimum Gasteiger partial charge on any atom is -0.508 e. The maximum Gasteiger partial charge on any atom is 0.115 e. The van der Waals surface area contributed by atoms with Crippen molar-refractivity contribution in [2.75, 3.05) is 6.61 Å². The van der Waals surface area contributed by atoms with E-state index in [-0.39, 0.29) is 12.1 Å². The molecular formula is C13H19NO2. The molecule has 1 aliphatic heterocycles. The molecule has 1 aliphatic rings. The average molecular weight is 221 g/mol. The number of rotatable bonds is 3. The van der Waals surface area contributed by atoms with Crippen molar-refractivity contribution in [1.29, 1.82) is 0 Å². The molecule has 2 N–H and O–H groups in total. The van der Waals surface area contributed by atoms with E-state index in [1.807, 2.05) is 12.1 Å². The zero-order chi connectivity index (χ0) is 11.5. The summed E-state index contributed by atoms with van der Waals surface area (Å²) in [6, 6.07) is 8.05. The number of hydrogen-bond acceptors (Lipinski definition) is 3. The molecule has 3 atom stereocenters. The van der Waals surface area contributed by atoms with Crippen LogP contribution in [0.2, 0.25) is 0 Å². The van der Waals surface area contributed by atoms with Crippen molar-refractivity contribution in [3.05, 3.63) is 29.8 Å². The van der Waals surface area contributed by atoms with E-state index in [0.717, 1.165) is 18.6 Å². The predicted octanol–water partition coefficient (Wildman–Crippen LogP) is 2.22. The zero-order valence-electron chi connectivity index (χ0n) is 9.81. The summed E-state index contributed by atoms with van der Waals surface area (Å²) in [5, 5.41) is 13.0. The van der Waals surface area contributed by atoms with Gasteiger partial charge in [-0.3, -0.25) is 0 Å². The number of aromatic hydroxyl groups is 1. The van der Waals surface area contributed by atoms with Gasteiger partial charge in [0, 0.05) is 18.7 Å². The molecule has 0 aliphatic carbocycles. The molecule has 1 fully saturated rings. The smallest absolute Gasteiger partial charge is 0.115 e.